The lowest BCUT2D eigenvalue weighted by Crippen LogP contribution is -2.24. The first-order valence-electron chi connectivity index (χ1n) is 7.41. The number of carbonyl (C=O) groups is 1. The van der Waals surface area contributed by atoms with Crippen molar-refractivity contribution < 1.29 is 4.79 Å². The highest BCUT2D eigenvalue weighted by Gasteiger charge is 2.04. The van der Waals surface area contributed by atoms with Crippen molar-refractivity contribution in [3.05, 3.63) is 58.7 Å². The zero-order chi connectivity index (χ0) is 15.8. The van der Waals surface area contributed by atoms with Gasteiger partial charge in [-0.2, -0.15) is 0 Å². The quantitative estimate of drug-likeness (QED) is 0.821. The van der Waals surface area contributed by atoms with Crippen LogP contribution in [0.1, 0.15) is 29.3 Å². The Balaban J connectivity index is 1.81. The molecule has 0 aliphatic carbocycles. The Morgan fingerprint density at radius 3 is 2.55 bits per heavy atom. The first-order chi connectivity index (χ1) is 10.7. The Bertz CT molecular complexity index is 596. The van der Waals surface area contributed by atoms with Gasteiger partial charge in [0.15, 0.2) is 0 Å². The van der Waals surface area contributed by atoms with Crippen LogP contribution in [0, 0.1) is 0 Å². The van der Waals surface area contributed by atoms with Gasteiger partial charge in [-0.1, -0.05) is 30.7 Å². The van der Waals surface area contributed by atoms with Gasteiger partial charge in [-0.05, 0) is 42.7 Å². The lowest BCUT2D eigenvalue weighted by Gasteiger charge is -2.07. The Hall–Kier alpha value is -2.07. The van der Waals surface area contributed by atoms with E-state index in [1.165, 1.54) is 5.56 Å². The highest BCUT2D eigenvalue weighted by molar-refractivity contribution is 6.30. The van der Waals surface area contributed by atoms with Crippen LogP contribution in [0.4, 0.5) is 5.82 Å². The first-order valence-corrected chi connectivity index (χ1v) is 7.79. The van der Waals surface area contributed by atoms with Gasteiger partial charge in [0.1, 0.15) is 5.82 Å². The van der Waals surface area contributed by atoms with E-state index < -0.39 is 0 Å². The lowest BCUT2D eigenvalue weighted by atomic mass is 10.1. The summed E-state index contributed by atoms with van der Waals surface area (Å²) in [4.78, 5) is 16.0. The molecule has 0 fully saturated rings. The van der Waals surface area contributed by atoms with Gasteiger partial charge in [0.2, 0.25) is 0 Å². The number of halogens is 1. The van der Waals surface area contributed by atoms with Gasteiger partial charge in [-0.15, -0.1) is 0 Å². The van der Waals surface area contributed by atoms with Crippen molar-refractivity contribution in [2.24, 2.45) is 0 Å². The number of nitrogens with zero attached hydrogens (tertiary/aromatic N) is 1. The SMILES string of the molecule is CCCNC(=O)c1ccc(NCCc2ccc(Cl)cc2)nc1. The molecule has 2 N–H and O–H groups in total. The number of amides is 1. The fourth-order valence-corrected chi connectivity index (χ4v) is 2.09. The maximum Gasteiger partial charge on any atom is 0.252 e. The maximum absolute atomic E-state index is 11.8. The van der Waals surface area contributed by atoms with Gasteiger partial charge in [0, 0.05) is 24.3 Å². The third-order valence-electron chi connectivity index (χ3n) is 3.19. The molecule has 1 aromatic heterocycles. The fourth-order valence-electron chi connectivity index (χ4n) is 1.96. The van der Waals surface area contributed by atoms with E-state index in [2.05, 4.69) is 15.6 Å². The molecule has 116 valence electrons. The third-order valence-corrected chi connectivity index (χ3v) is 3.45. The molecule has 0 atom stereocenters. The number of rotatable bonds is 7. The minimum Gasteiger partial charge on any atom is -0.370 e. The van der Waals surface area contributed by atoms with Crippen LogP contribution in [0.2, 0.25) is 5.02 Å². The molecule has 0 unspecified atom stereocenters. The van der Waals surface area contributed by atoms with Crippen molar-refractivity contribution in [1.82, 2.24) is 10.3 Å². The summed E-state index contributed by atoms with van der Waals surface area (Å²) >= 11 is 5.86. The maximum atomic E-state index is 11.8. The van der Waals surface area contributed by atoms with Crippen LogP contribution in [0.25, 0.3) is 0 Å². The second-order valence-electron chi connectivity index (χ2n) is 4.99. The van der Waals surface area contributed by atoms with Crippen LogP contribution < -0.4 is 10.6 Å². The number of aromatic nitrogens is 1. The van der Waals surface area contributed by atoms with Gasteiger partial charge >= 0.3 is 0 Å². The van der Waals surface area contributed by atoms with Crippen LogP contribution in [-0.4, -0.2) is 24.0 Å². The molecule has 0 bridgehead atoms. The normalized spacial score (nSPS) is 10.3. The van der Waals surface area contributed by atoms with Gasteiger partial charge in [0.05, 0.1) is 5.56 Å². The lowest BCUT2D eigenvalue weighted by molar-refractivity contribution is 0.0953. The summed E-state index contributed by atoms with van der Waals surface area (Å²) in [6, 6.07) is 11.4. The Labute approximate surface area is 135 Å². The van der Waals surface area contributed by atoms with Crippen LogP contribution in [0.5, 0.6) is 0 Å². The zero-order valence-corrected chi connectivity index (χ0v) is 13.4. The molecule has 0 saturated carbocycles. The molecule has 0 radical (unpaired) electrons. The molecule has 2 rings (SSSR count). The van der Waals surface area contributed by atoms with Crippen molar-refractivity contribution in [1.29, 1.82) is 0 Å². The number of nitrogens with one attached hydrogen (secondary N) is 2. The summed E-state index contributed by atoms with van der Waals surface area (Å²) < 4.78 is 0. The molecular formula is C17H20ClN3O. The minimum atomic E-state index is -0.0814. The number of pyridine rings is 1. The van der Waals surface area contributed by atoms with Crippen LogP contribution in [-0.2, 0) is 6.42 Å². The molecular weight excluding hydrogens is 298 g/mol. The Morgan fingerprint density at radius 2 is 1.91 bits per heavy atom. The van der Waals surface area contributed by atoms with E-state index in [4.69, 9.17) is 11.6 Å². The van der Waals surface area contributed by atoms with E-state index in [1.54, 1.807) is 12.3 Å². The molecule has 1 aromatic carbocycles. The van der Waals surface area contributed by atoms with Crippen molar-refractivity contribution >= 4 is 23.3 Å². The van der Waals surface area contributed by atoms with Crippen molar-refractivity contribution in [2.45, 2.75) is 19.8 Å². The number of anilines is 1. The Kier molecular flexibility index (Phi) is 6.22. The summed E-state index contributed by atoms with van der Waals surface area (Å²) in [6.07, 6.45) is 3.40. The second kappa shape index (κ2) is 8.39. The molecule has 0 saturated heterocycles. The minimum absolute atomic E-state index is 0.0814. The molecule has 22 heavy (non-hydrogen) atoms. The summed E-state index contributed by atoms with van der Waals surface area (Å²) in [5.41, 5.74) is 1.80. The highest BCUT2D eigenvalue weighted by atomic mass is 35.5. The van der Waals surface area contributed by atoms with Crippen LogP contribution in [0.3, 0.4) is 0 Å². The molecule has 4 nitrogen and oxygen atoms in total. The van der Waals surface area contributed by atoms with Gasteiger partial charge in [0.25, 0.3) is 5.91 Å². The van der Waals surface area contributed by atoms with E-state index in [-0.39, 0.29) is 5.91 Å². The predicted molar refractivity (Wildman–Crippen MR) is 90.5 cm³/mol. The monoisotopic (exact) mass is 317 g/mol. The summed E-state index contributed by atoms with van der Waals surface area (Å²) in [6.45, 7) is 3.47. The average Bonchev–Trinajstić information content (AvgIpc) is 2.55. The van der Waals surface area contributed by atoms with E-state index in [0.717, 1.165) is 30.2 Å². The Morgan fingerprint density at radius 1 is 1.14 bits per heavy atom. The number of hydrogen-bond donors (Lipinski definition) is 2. The average molecular weight is 318 g/mol. The summed E-state index contributed by atoms with van der Waals surface area (Å²) in [5, 5.41) is 6.81. The van der Waals surface area contributed by atoms with E-state index in [9.17, 15) is 4.79 Å². The fraction of sp³-hybridized carbons (Fsp3) is 0.294. The zero-order valence-electron chi connectivity index (χ0n) is 12.6. The van der Waals surface area contributed by atoms with E-state index in [1.807, 2.05) is 37.3 Å². The topological polar surface area (TPSA) is 54.0 Å². The smallest absolute Gasteiger partial charge is 0.252 e. The third kappa shape index (κ3) is 5.04. The first kappa shape index (κ1) is 16.3. The number of hydrogen-bond acceptors (Lipinski definition) is 3. The molecule has 0 aliphatic rings. The van der Waals surface area contributed by atoms with E-state index in [0.29, 0.717) is 12.1 Å². The van der Waals surface area contributed by atoms with Crippen molar-refractivity contribution in [3.63, 3.8) is 0 Å². The molecule has 1 amide bonds. The number of benzene rings is 1. The van der Waals surface area contributed by atoms with Crippen LogP contribution in [0.15, 0.2) is 42.6 Å². The van der Waals surface area contributed by atoms with Gasteiger partial charge in [-0.3, -0.25) is 4.79 Å². The second-order valence-corrected chi connectivity index (χ2v) is 5.43. The molecule has 1 heterocycles. The van der Waals surface area contributed by atoms with Crippen LogP contribution >= 0.6 is 11.6 Å². The number of carbonyl (C=O) groups excluding carboxylic acids is 1. The molecule has 0 aliphatic heterocycles. The van der Waals surface area contributed by atoms with E-state index >= 15 is 0 Å². The molecule has 0 spiro atoms. The molecule has 2 aromatic rings. The largest absolute Gasteiger partial charge is 0.370 e. The van der Waals surface area contributed by atoms with Crippen molar-refractivity contribution in [2.75, 3.05) is 18.4 Å². The van der Waals surface area contributed by atoms with Gasteiger partial charge < -0.3 is 10.6 Å². The standard InChI is InChI=1S/C17H20ClN3O/c1-2-10-20-17(22)14-5-8-16(21-12-14)19-11-9-13-3-6-15(18)7-4-13/h3-8,12H,2,9-11H2,1H3,(H,19,21)(H,20,22). The van der Waals surface area contributed by atoms with Crippen molar-refractivity contribution in [3.8, 4) is 0 Å². The molecule has 5 heteroatoms. The highest BCUT2D eigenvalue weighted by Crippen LogP contribution is 2.10. The van der Waals surface area contributed by atoms with Gasteiger partial charge in [-0.25, -0.2) is 4.98 Å². The predicted octanol–water partition coefficient (Wildman–Crippen LogP) is 3.53. The summed E-state index contributed by atoms with van der Waals surface area (Å²) in [7, 11) is 0. The summed E-state index contributed by atoms with van der Waals surface area (Å²) in [5.74, 6) is 0.683.